The van der Waals surface area contributed by atoms with E-state index in [1.165, 1.54) is 10.5 Å². The van der Waals surface area contributed by atoms with Gasteiger partial charge in [0, 0.05) is 33.6 Å². The fourth-order valence-electron chi connectivity index (χ4n) is 1.71. The molecule has 0 spiro atoms. The van der Waals surface area contributed by atoms with Gasteiger partial charge in [0.15, 0.2) is 0 Å². The number of aryl methyl sites for hydroxylation is 1. The van der Waals surface area contributed by atoms with Crippen molar-refractivity contribution in [2.45, 2.75) is 19.3 Å². The summed E-state index contributed by atoms with van der Waals surface area (Å²) >= 11 is 0. The number of carbonyl (C=O) groups is 2. The molecule has 0 bridgehead atoms. The molecule has 110 valence electrons. The van der Waals surface area contributed by atoms with Gasteiger partial charge < -0.3 is 15.5 Å². The first kappa shape index (κ1) is 16.0. The summed E-state index contributed by atoms with van der Waals surface area (Å²) in [5, 5.41) is 5.45. The predicted molar refractivity (Wildman–Crippen MR) is 79.5 cm³/mol. The molecular formula is C15H23N3O2. The molecule has 5 nitrogen and oxygen atoms in total. The Kier molecular flexibility index (Phi) is 7.17. The number of nitrogens with one attached hydrogen (secondary N) is 2. The van der Waals surface area contributed by atoms with Crippen molar-refractivity contribution >= 4 is 11.9 Å². The van der Waals surface area contributed by atoms with Crippen molar-refractivity contribution in [2.75, 3.05) is 27.2 Å². The monoisotopic (exact) mass is 277 g/mol. The normalized spacial score (nSPS) is 9.90. The molecule has 3 amide bonds. The molecule has 0 aromatic heterocycles. The standard InChI is InChI=1S/C15H23N3O2/c1-18(2)14(19)10-12-17-15(20)16-11-6-9-13-7-4-3-5-8-13/h3-5,7-8H,6,9-12H2,1-2H3,(H2,16,17,20). The number of hydrogen-bond donors (Lipinski definition) is 2. The summed E-state index contributed by atoms with van der Waals surface area (Å²) in [4.78, 5) is 24.3. The fraction of sp³-hybridized carbons (Fsp3) is 0.467. The Morgan fingerprint density at radius 3 is 2.35 bits per heavy atom. The summed E-state index contributed by atoms with van der Waals surface area (Å²) in [6.45, 7) is 0.990. The first-order chi connectivity index (χ1) is 9.59. The molecule has 5 heteroatoms. The first-order valence-electron chi connectivity index (χ1n) is 6.85. The Labute approximate surface area is 120 Å². The van der Waals surface area contributed by atoms with E-state index < -0.39 is 0 Å². The maximum Gasteiger partial charge on any atom is 0.314 e. The topological polar surface area (TPSA) is 61.4 Å². The van der Waals surface area contributed by atoms with E-state index >= 15 is 0 Å². The van der Waals surface area contributed by atoms with Gasteiger partial charge in [-0.1, -0.05) is 30.3 Å². The van der Waals surface area contributed by atoms with Crippen LogP contribution in [0.5, 0.6) is 0 Å². The van der Waals surface area contributed by atoms with Gasteiger partial charge in [-0.05, 0) is 18.4 Å². The number of benzene rings is 1. The molecule has 20 heavy (non-hydrogen) atoms. The molecule has 0 saturated carbocycles. The maximum absolute atomic E-state index is 11.5. The number of carbonyl (C=O) groups excluding carboxylic acids is 2. The average molecular weight is 277 g/mol. The maximum atomic E-state index is 11.5. The van der Waals surface area contributed by atoms with Crippen LogP contribution in [0.2, 0.25) is 0 Å². The number of rotatable bonds is 7. The van der Waals surface area contributed by atoms with Crippen LogP contribution < -0.4 is 10.6 Å². The predicted octanol–water partition coefficient (Wildman–Crippen LogP) is 1.40. The molecule has 0 radical (unpaired) electrons. The summed E-state index contributed by atoms with van der Waals surface area (Å²) in [6, 6.07) is 9.95. The van der Waals surface area contributed by atoms with E-state index in [0.717, 1.165) is 12.8 Å². The van der Waals surface area contributed by atoms with Crippen LogP contribution in [0.25, 0.3) is 0 Å². The van der Waals surface area contributed by atoms with Crippen LogP contribution in [-0.4, -0.2) is 44.0 Å². The number of hydrogen-bond acceptors (Lipinski definition) is 2. The molecule has 0 aliphatic heterocycles. The molecule has 0 heterocycles. The number of amides is 3. The SMILES string of the molecule is CN(C)C(=O)CCNC(=O)NCCCc1ccccc1. The van der Waals surface area contributed by atoms with Crippen LogP contribution in [0.15, 0.2) is 30.3 Å². The van der Waals surface area contributed by atoms with E-state index in [2.05, 4.69) is 22.8 Å². The van der Waals surface area contributed by atoms with Crippen LogP contribution in [0, 0.1) is 0 Å². The molecule has 0 saturated heterocycles. The highest BCUT2D eigenvalue weighted by molar-refractivity contribution is 5.77. The molecule has 1 aromatic rings. The van der Waals surface area contributed by atoms with Crippen molar-refractivity contribution in [3.63, 3.8) is 0 Å². The zero-order valence-corrected chi connectivity index (χ0v) is 12.2. The molecule has 1 aromatic carbocycles. The molecule has 0 atom stereocenters. The van der Waals surface area contributed by atoms with Gasteiger partial charge in [0.05, 0.1) is 0 Å². The van der Waals surface area contributed by atoms with Crippen molar-refractivity contribution < 1.29 is 9.59 Å². The van der Waals surface area contributed by atoms with Crippen molar-refractivity contribution in [3.05, 3.63) is 35.9 Å². The molecule has 0 aliphatic rings. The van der Waals surface area contributed by atoms with Crippen molar-refractivity contribution in [3.8, 4) is 0 Å². The lowest BCUT2D eigenvalue weighted by Crippen LogP contribution is -2.38. The highest BCUT2D eigenvalue weighted by Crippen LogP contribution is 2.01. The third-order valence-corrected chi connectivity index (χ3v) is 2.89. The van der Waals surface area contributed by atoms with E-state index in [-0.39, 0.29) is 11.9 Å². The zero-order valence-electron chi connectivity index (χ0n) is 12.2. The second-order valence-electron chi connectivity index (χ2n) is 4.81. The third-order valence-electron chi connectivity index (χ3n) is 2.89. The van der Waals surface area contributed by atoms with Gasteiger partial charge in [-0.3, -0.25) is 4.79 Å². The van der Waals surface area contributed by atoms with Crippen LogP contribution in [0.4, 0.5) is 4.79 Å². The second-order valence-corrected chi connectivity index (χ2v) is 4.81. The second kappa shape index (κ2) is 8.96. The quantitative estimate of drug-likeness (QED) is 0.740. The fourth-order valence-corrected chi connectivity index (χ4v) is 1.71. The summed E-state index contributed by atoms with van der Waals surface area (Å²) in [6.07, 6.45) is 2.17. The van der Waals surface area contributed by atoms with Crippen molar-refractivity contribution in [1.29, 1.82) is 0 Å². The van der Waals surface area contributed by atoms with Gasteiger partial charge in [0.1, 0.15) is 0 Å². The molecule has 0 unspecified atom stereocenters. The summed E-state index contributed by atoms with van der Waals surface area (Å²) in [5.74, 6) is 0.00868. The smallest absolute Gasteiger partial charge is 0.314 e. The molecule has 0 fully saturated rings. The highest BCUT2D eigenvalue weighted by atomic mass is 16.2. The Balaban J connectivity index is 2.04. The average Bonchev–Trinajstić information content (AvgIpc) is 2.44. The van der Waals surface area contributed by atoms with Gasteiger partial charge in [-0.2, -0.15) is 0 Å². The van der Waals surface area contributed by atoms with Gasteiger partial charge >= 0.3 is 6.03 Å². The van der Waals surface area contributed by atoms with Gasteiger partial charge in [-0.15, -0.1) is 0 Å². The molecule has 2 N–H and O–H groups in total. The first-order valence-corrected chi connectivity index (χ1v) is 6.85. The van der Waals surface area contributed by atoms with Crippen LogP contribution in [0.3, 0.4) is 0 Å². The van der Waals surface area contributed by atoms with E-state index in [1.54, 1.807) is 14.1 Å². The zero-order chi connectivity index (χ0) is 14.8. The summed E-state index contributed by atoms with van der Waals surface area (Å²) in [7, 11) is 3.40. The van der Waals surface area contributed by atoms with Crippen molar-refractivity contribution in [2.24, 2.45) is 0 Å². The Bertz CT molecular complexity index is 418. The van der Waals surface area contributed by atoms with E-state index in [1.807, 2.05) is 18.2 Å². The minimum Gasteiger partial charge on any atom is -0.349 e. The van der Waals surface area contributed by atoms with E-state index in [0.29, 0.717) is 19.5 Å². The highest BCUT2D eigenvalue weighted by Gasteiger charge is 2.04. The number of nitrogens with zero attached hydrogens (tertiary/aromatic N) is 1. The largest absolute Gasteiger partial charge is 0.349 e. The van der Waals surface area contributed by atoms with Gasteiger partial charge in [-0.25, -0.2) is 4.79 Å². The lowest BCUT2D eigenvalue weighted by Gasteiger charge is -2.11. The summed E-state index contributed by atoms with van der Waals surface area (Å²) in [5.41, 5.74) is 1.27. The minimum atomic E-state index is -0.218. The van der Waals surface area contributed by atoms with E-state index in [4.69, 9.17) is 0 Å². The summed E-state index contributed by atoms with van der Waals surface area (Å²) < 4.78 is 0. The Morgan fingerprint density at radius 1 is 1.05 bits per heavy atom. The van der Waals surface area contributed by atoms with Crippen LogP contribution in [0.1, 0.15) is 18.4 Å². The van der Waals surface area contributed by atoms with Crippen LogP contribution >= 0.6 is 0 Å². The van der Waals surface area contributed by atoms with Gasteiger partial charge in [0.2, 0.25) is 5.91 Å². The minimum absolute atomic E-state index is 0.00868. The lowest BCUT2D eigenvalue weighted by atomic mass is 10.1. The molecular weight excluding hydrogens is 254 g/mol. The van der Waals surface area contributed by atoms with Crippen LogP contribution in [-0.2, 0) is 11.2 Å². The lowest BCUT2D eigenvalue weighted by molar-refractivity contribution is -0.128. The Hall–Kier alpha value is -2.04. The van der Waals surface area contributed by atoms with Crippen molar-refractivity contribution in [1.82, 2.24) is 15.5 Å². The molecule has 1 rings (SSSR count). The molecule has 0 aliphatic carbocycles. The number of urea groups is 1. The van der Waals surface area contributed by atoms with E-state index in [9.17, 15) is 9.59 Å². The van der Waals surface area contributed by atoms with Gasteiger partial charge in [0.25, 0.3) is 0 Å². The Morgan fingerprint density at radius 2 is 1.70 bits per heavy atom. The third kappa shape index (κ3) is 6.78.